The SMILES string of the molecule is CN[N-]C1CCCCC1. The largest absolute Gasteiger partial charge is 0.595 e. The van der Waals surface area contributed by atoms with E-state index in [2.05, 4.69) is 10.9 Å². The molecule has 1 fully saturated rings. The Morgan fingerprint density at radius 3 is 2.44 bits per heavy atom. The van der Waals surface area contributed by atoms with Gasteiger partial charge >= 0.3 is 0 Å². The third-order valence-electron chi connectivity index (χ3n) is 1.89. The molecule has 0 amide bonds. The van der Waals surface area contributed by atoms with Gasteiger partial charge in [-0.1, -0.05) is 32.1 Å². The summed E-state index contributed by atoms with van der Waals surface area (Å²) < 4.78 is 0. The summed E-state index contributed by atoms with van der Waals surface area (Å²) in [7, 11) is 1.88. The van der Waals surface area contributed by atoms with Gasteiger partial charge in [0.1, 0.15) is 0 Å². The topological polar surface area (TPSA) is 26.1 Å². The van der Waals surface area contributed by atoms with Crippen LogP contribution in [0.3, 0.4) is 0 Å². The summed E-state index contributed by atoms with van der Waals surface area (Å²) in [4.78, 5) is 0. The molecular formula is C7H15N2-. The second kappa shape index (κ2) is 3.85. The molecule has 9 heavy (non-hydrogen) atoms. The number of hydrogen-bond donors (Lipinski definition) is 1. The summed E-state index contributed by atoms with van der Waals surface area (Å²) in [6.07, 6.45) is 6.74. The van der Waals surface area contributed by atoms with Crippen molar-refractivity contribution in [2.24, 2.45) is 0 Å². The average molecular weight is 127 g/mol. The molecule has 1 saturated carbocycles. The zero-order valence-electron chi connectivity index (χ0n) is 6.06. The number of nitrogens with zero attached hydrogens (tertiary/aromatic N) is 1. The molecule has 0 saturated heterocycles. The Labute approximate surface area is 57.0 Å². The molecular weight excluding hydrogens is 112 g/mol. The van der Waals surface area contributed by atoms with Crippen molar-refractivity contribution in [3.05, 3.63) is 5.43 Å². The second-order valence-electron chi connectivity index (χ2n) is 2.64. The highest BCUT2D eigenvalue weighted by molar-refractivity contribution is 4.87. The molecule has 0 heterocycles. The maximum Gasteiger partial charge on any atom is -0.0342 e. The maximum absolute atomic E-state index is 4.23. The first-order valence-corrected chi connectivity index (χ1v) is 3.80. The van der Waals surface area contributed by atoms with Gasteiger partial charge in [-0.15, -0.1) is 6.04 Å². The van der Waals surface area contributed by atoms with Gasteiger partial charge in [-0.2, -0.15) is 0 Å². The van der Waals surface area contributed by atoms with Crippen LogP contribution >= 0.6 is 0 Å². The molecule has 1 N–H and O–H groups in total. The molecule has 0 spiro atoms. The lowest BCUT2D eigenvalue weighted by Crippen LogP contribution is -2.16. The summed E-state index contributed by atoms with van der Waals surface area (Å²) in [5.41, 5.74) is 7.10. The molecule has 2 heteroatoms. The lowest BCUT2D eigenvalue weighted by Gasteiger charge is -2.34. The van der Waals surface area contributed by atoms with E-state index >= 15 is 0 Å². The van der Waals surface area contributed by atoms with Crippen molar-refractivity contribution in [1.82, 2.24) is 5.43 Å². The van der Waals surface area contributed by atoms with Gasteiger partial charge in [-0.25, -0.2) is 0 Å². The first-order chi connectivity index (χ1) is 4.43. The van der Waals surface area contributed by atoms with E-state index in [1.807, 2.05) is 7.05 Å². The Balaban J connectivity index is 2.08. The van der Waals surface area contributed by atoms with Crippen LogP contribution in [0, 0.1) is 0 Å². The minimum absolute atomic E-state index is 0.615. The van der Waals surface area contributed by atoms with Crippen LogP contribution in [0.4, 0.5) is 0 Å². The molecule has 1 aliphatic carbocycles. The molecule has 0 bridgehead atoms. The third kappa shape index (κ3) is 2.33. The monoisotopic (exact) mass is 127 g/mol. The fraction of sp³-hybridized carbons (Fsp3) is 1.00. The van der Waals surface area contributed by atoms with Gasteiger partial charge in [-0.3, -0.25) is 0 Å². The molecule has 0 atom stereocenters. The maximum atomic E-state index is 4.23. The standard InChI is InChI=1S/C7H15N2/c1-8-9-7-5-3-2-4-6-7/h7-8H,2-6H2,1H3/q-1. The molecule has 0 aromatic rings. The van der Waals surface area contributed by atoms with Crippen LogP contribution in [0.1, 0.15) is 32.1 Å². The number of nitrogens with one attached hydrogen (secondary N) is 1. The first-order valence-electron chi connectivity index (χ1n) is 3.80. The van der Waals surface area contributed by atoms with Gasteiger partial charge in [0.25, 0.3) is 0 Å². The van der Waals surface area contributed by atoms with E-state index in [-0.39, 0.29) is 0 Å². The van der Waals surface area contributed by atoms with Crippen molar-refractivity contribution >= 4 is 0 Å². The molecule has 0 unspecified atom stereocenters. The van der Waals surface area contributed by atoms with Crippen molar-refractivity contribution in [2.45, 2.75) is 38.1 Å². The van der Waals surface area contributed by atoms with Crippen molar-refractivity contribution in [1.29, 1.82) is 0 Å². The lowest BCUT2D eigenvalue weighted by molar-refractivity contribution is 0.458. The molecule has 1 rings (SSSR count). The van der Waals surface area contributed by atoms with Crippen LogP contribution < -0.4 is 5.43 Å². The number of hydrogen-bond acceptors (Lipinski definition) is 1. The zero-order chi connectivity index (χ0) is 6.53. The Kier molecular flexibility index (Phi) is 3.01. The van der Waals surface area contributed by atoms with E-state index in [9.17, 15) is 0 Å². The Hall–Kier alpha value is -0.0800. The van der Waals surface area contributed by atoms with Crippen LogP contribution in [-0.4, -0.2) is 13.1 Å². The van der Waals surface area contributed by atoms with Crippen LogP contribution in [0.2, 0.25) is 0 Å². The number of rotatable bonds is 2. The second-order valence-corrected chi connectivity index (χ2v) is 2.64. The third-order valence-corrected chi connectivity index (χ3v) is 1.89. The minimum atomic E-state index is 0.615. The van der Waals surface area contributed by atoms with E-state index < -0.39 is 0 Å². The molecule has 0 radical (unpaired) electrons. The molecule has 0 aliphatic heterocycles. The van der Waals surface area contributed by atoms with E-state index in [0.29, 0.717) is 6.04 Å². The van der Waals surface area contributed by atoms with E-state index in [4.69, 9.17) is 0 Å². The Morgan fingerprint density at radius 1 is 1.22 bits per heavy atom. The predicted octanol–water partition coefficient (Wildman–Crippen LogP) is 1.83. The predicted molar refractivity (Wildman–Crippen MR) is 39.3 cm³/mol. The quantitative estimate of drug-likeness (QED) is 0.563. The fourth-order valence-corrected chi connectivity index (χ4v) is 1.39. The smallest absolute Gasteiger partial charge is 0.0342 e. The lowest BCUT2D eigenvalue weighted by atomic mass is 9.96. The van der Waals surface area contributed by atoms with Crippen LogP contribution in [-0.2, 0) is 0 Å². The van der Waals surface area contributed by atoms with E-state index in [1.165, 1.54) is 32.1 Å². The van der Waals surface area contributed by atoms with Gasteiger partial charge in [0.2, 0.25) is 0 Å². The molecule has 0 aromatic carbocycles. The summed E-state index contributed by atoms with van der Waals surface area (Å²) >= 11 is 0. The van der Waals surface area contributed by atoms with Gasteiger partial charge in [0, 0.05) is 0 Å². The molecule has 54 valence electrons. The first kappa shape index (κ1) is 7.03. The summed E-state index contributed by atoms with van der Waals surface area (Å²) in [5.74, 6) is 0. The fourth-order valence-electron chi connectivity index (χ4n) is 1.39. The van der Waals surface area contributed by atoms with Crippen LogP contribution in [0.25, 0.3) is 5.43 Å². The summed E-state index contributed by atoms with van der Waals surface area (Å²) in [5, 5.41) is 0. The normalized spacial score (nSPS) is 22.3. The van der Waals surface area contributed by atoms with E-state index in [1.54, 1.807) is 0 Å². The highest BCUT2D eigenvalue weighted by atomic mass is 15.3. The van der Waals surface area contributed by atoms with E-state index in [0.717, 1.165) is 0 Å². The molecule has 2 nitrogen and oxygen atoms in total. The average Bonchev–Trinajstić information content (AvgIpc) is 1.91. The van der Waals surface area contributed by atoms with Gasteiger partial charge < -0.3 is 10.9 Å². The Morgan fingerprint density at radius 2 is 1.89 bits per heavy atom. The van der Waals surface area contributed by atoms with Crippen LogP contribution in [0.15, 0.2) is 0 Å². The summed E-state index contributed by atoms with van der Waals surface area (Å²) in [6, 6.07) is 0.615. The van der Waals surface area contributed by atoms with Crippen LogP contribution in [0.5, 0.6) is 0 Å². The van der Waals surface area contributed by atoms with Gasteiger partial charge in [0.05, 0.1) is 0 Å². The summed E-state index contributed by atoms with van der Waals surface area (Å²) in [6.45, 7) is 0. The highest BCUT2D eigenvalue weighted by Gasteiger charge is 2.03. The Bertz CT molecular complexity index is 64.6. The minimum Gasteiger partial charge on any atom is -0.595 e. The molecule has 0 aromatic heterocycles. The zero-order valence-corrected chi connectivity index (χ0v) is 6.06. The van der Waals surface area contributed by atoms with Crippen molar-refractivity contribution in [3.63, 3.8) is 0 Å². The van der Waals surface area contributed by atoms with Crippen molar-refractivity contribution < 1.29 is 0 Å². The van der Waals surface area contributed by atoms with Crippen molar-refractivity contribution in [2.75, 3.05) is 7.05 Å². The van der Waals surface area contributed by atoms with Gasteiger partial charge in [-0.05, 0) is 7.05 Å². The van der Waals surface area contributed by atoms with Gasteiger partial charge in [0.15, 0.2) is 0 Å². The highest BCUT2D eigenvalue weighted by Crippen LogP contribution is 2.21. The molecule has 1 aliphatic rings. The van der Waals surface area contributed by atoms with Crippen molar-refractivity contribution in [3.8, 4) is 0 Å².